The number of halogens is 1. The number of nitrogens with one attached hydrogen (secondary N) is 1. The van der Waals surface area contributed by atoms with Crippen molar-refractivity contribution in [1.82, 2.24) is 20.0 Å². The molecule has 0 saturated carbocycles. The normalized spacial score (nSPS) is 16.3. The van der Waals surface area contributed by atoms with Gasteiger partial charge in [-0.1, -0.05) is 30.3 Å². The third-order valence-corrected chi connectivity index (χ3v) is 4.89. The van der Waals surface area contributed by atoms with E-state index in [4.69, 9.17) is 0 Å². The van der Waals surface area contributed by atoms with Crippen molar-refractivity contribution >= 4 is 18.3 Å². The first kappa shape index (κ1) is 19.5. The Morgan fingerprint density at radius 2 is 1.96 bits per heavy atom. The van der Waals surface area contributed by atoms with E-state index in [1.165, 1.54) is 5.56 Å². The largest absolute Gasteiger partial charge is 0.341 e. The summed E-state index contributed by atoms with van der Waals surface area (Å²) in [6.07, 6.45) is 6.93. The molecule has 1 saturated heterocycles. The van der Waals surface area contributed by atoms with E-state index in [1.54, 1.807) is 10.9 Å². The minimum atomic E-state index is -0.302. The second-order valence-corrected chi connectivity index (χ2v) is 6.63. The molecular formula is C19H27ClN4O. The number of rotatable bonds is 5. The number of aryl methyl sites for hydroxylation is 1. The molecule has 1 amide bonds. The monoisotopic (exact) mass is 362 g/mol. The van der Waals surface area contributed by atoms with Gasteiger partial charge in [-0.25, -0.2) is 0 Å². The first-order valence-electron chi connectivity index (χ1n) is 8.66. The van der Waals surface area contributed by atoms with Crippen molar-refractivity contribution in [1.29, 1.82) is 0 Å². The highest BCUT2D eigenvalue weighted by molar-refractivity contribution is 5.85. The molecule has 3 rings (SSSR count). The lowest BCUT2D eigenvalue weighted by atomic mass is 9.90. The molecule has 5 nitrogen and oxygen atoms in total. The van der Waals surface area contributed by atoms with E-state index in [0.717, 1.165) is 37.9 Å². The minimum absolute atomic E-state index is 0. The van der Waals surface area contributed by atoms with Crippen LogP contribution in [0, 0.1) is 5.92 Å². The van der Waals surface area contributed by atoms with Crippen molar-refractivity contribution in [2.75, 3.05) is 20.1 Å². The Labute approximate surface area is 155 Å². The first-order chi connectivity index (χ1) is 11.7. The van der Waals surface area contributed by atoms with Crippen LogP contribution in [0.4, 0.5) is 0 Å². The molecule has 0 aliphatic carbocycles. The van der Waals surface area contributed by atoms with E-state index in [-0.39, 0.29) is 24.4 Å². The van der Waals surface area contributed by atoms with Gasteiger partial charge in [0.15, 0.2) is 0 Å². The summed E-state index contributed by atoms with van der Waals surface area (Å²) in [5.41, 5.74) is 2.32. The Kier molecular flexibility index (Phi) is 7.02. The van der Waals surface area contributed by atoms with Gasteiger partial charge >= 0.3 is 0 Å². The van der Waals surface area contributed by atoms with Gasteiger partial charge in [-0.2, -0.15) is 5.10 Å². The van der Waals surface area contributed by atoms with E-state index in [2.05, 4.69) is 40.7 Å². The third kappa shape index (κ3) is 4.83. The van der Waals surface area contributed by atoms with Crippen LogP contribution >= 0.6 is 12.4 Å². The SMILES string of the molecule is CNC(C(=O)N1CCC(Cc2ccccc2)CC1)c1cnn(C)c1.Cl. The molecule has 1 aliphatic heterocycles. The molecule has 1 aliphatic rings. The van der Waals surface area contributed by atoms with E-state index in [1.807, 2.05) is 25.2 Å². The fraction of sp³-hybridized carbons (Fsp3) is 0.474. The van der Waals surface area contributed by atoms with Gasteiger partial charge in [-0.15, -0.1) is 12.4 Å². The summed E-state index contributed by atoms with van der Waals surface area (Å²) >= 11 is 0. The molecule has 136 valence electrons. The second kappa shape index (κ2) is 9.02. The van der Waals surface area contributed by atoms with Crippen LogP contribution in [0.1, 0.15) is 30.0 Å². The molecule has 1 fully saturated rings. The number of likely N-dealkylation sites (N-methyl/N-ethyl adjacent to an activating group) is 1. The summed E-state index contributed by atoms with van der Waals surface area (Å²) in [7, 11) is 3.70. The Morgan fingerprint density at radius 3 is 2.52 bits per heavy atom. The summed E-state index contributed by atoms with van der Waals surface area (Å²) in [6.45, 7) is 1.68. The van der Waals surface area contributed by atoms with Crippen LogP contribution in [0.5, 0.6) is 0 Å². The van der Waals surface area contributed by atoms with Crippen molar-refractivity contribution in [2.24, 2.45) is 13.0 Å². The van der Waals surface area contributed by atoms with Gasteiger partial charge < -0.3 is 10.2 Å². The summed E-state index contributed by atoms with van der Waals surface area (Å²) in [5.74, 6) is 0.825. The van der Waals surface area contributed by atoms with Gasteiger partial charge in [0.25, 0.3) is 0 Å². The molecule has 2 heterocycles. The molecule has 2 aromatic rings. The molecule has 1 N–H and O–H groups in total. The fourth-order valence-electron chi connectivity index (χ4n) is 3.51. The van der Waals surface area contributed by atoms with Crippen LogP contribution in [0.2, 0.25) is 0 Å². The topological polar surface area (TPSA) is 50.2 Å². The molecule has 1 atom stereocenters. The highest BCUT2D eigenvalue weighted by atomic mass is 35.5. The van der Waals surface area contributed by atoms with Crippen molar-refractivity contribution in [3.05, 3.63) is 53.9 Å². The van der Waals surface area contributed by atoms with Crippen molar-refractivity contribution in [2.45, 2.75) is 25.3 Å². The Balaban J connectivity index is 0.00000225. The number of likely N-dealkylation sites (tertiary alicyclic amines) is 1. The van der Waals surface area contributed by atoms with Crippen LogP contribution < -0.4 is 5.32 Å². The summed E-state index contributed by atoms with van der Waals surface area (Å²) in [6, 6.07) is 10.3. The minimum Gasteiger partial charge on any atom is -0.341 e. The molecule has 1 aromatic carbocycles. The van der Waals surface area contributed by atoms with E-state index < -0.39 is 0 Å². The zero-order valence-electron chi connectivity index (χ0n) is 14.9. The number of nitrogens with zero attached hydrogens (tertiary/aromatic N) is 3. The van der Waals surface area contributed by atoms with Crippen molar-refractivity contribution < 1.29 is 4.79 Å². The molecule has 0 bridgehead atoms. The molecule has 6 heteroatoms. The zero-order chi connectivity index (χ0) is 16.9. The third-order valence-electron chi connectivity index (χ3n) is 4.89. The summed E-state index contributed by atoms with van der Waals surface area (Å²) < 4.78 is 1.74. The summed E-state index contributed by atoms with van der Waals surface area (Å²) in [5, 5.41) is 7.31. The van der Waals surface area contributed by atoms with Crippen molar-refractivity contribution in [3.63, 3.8) is 0 Å². The van der Waals surface area contributed by atoms with Gasteiger partial charge in [0.2, 0.25) is 5.91 Å². The molecule has 25 heavy (non-hydrogen) atoms. The van der Waals surface area contributed by atoms with Gasteiger partial charge in [0.1, 0.15) is 6.04 Å². The Morgan fingerprint density at radius 1 is 1.28 bits per heavy atom. The standard InChI is InChI=1S/C19H26N4O.ClH/c1-20-18(17-13-21-22(2)14-17)19(24)23-10-8-16(9-11-23)12-15-6-4-3-5-7-15;/h3-7,13-14,16,18,20H,8-12H2,1-2H3;1H. The van der Waals surface area contributed by atoms with Crippen LogP contribution in [0.15, 0.2) is 42.7 Å². The molecular weight excluding hydrogens is 336 g/mol. The zero-order valence-corrected chi connectivity index (χ0v) is 15.7. The highest BCUT2D eigenvalue weighted by Gasteiger charge is 2.29. The number of amides is 1. The number of carbonyl (C=O) groups is 1. The second-order valence-electron chi connectivity index (χ2n) is 6.63. The molecule has 0 radical (unpaired) electrons. The molecule has 1 aromatic heterocycles. The highest BCUT2D eigenvalue weighted by Crippen LogP contribution is 2.24. The fourth-order valence-corrected chi connectivity index (χ4v) is 3.51. The van der Waals surface area contributed by atoms with E-state index in [0.29, 0.717) is 5.92 Å². The lowest BCUT2D eigenvalue weighted by molar-refractivity contribution is -0.134. The predicted molar refractivity (Wildman–Crippen MR) is 102 cm³/mol. The van der Waals surface area contributed by atoms with Crippen LogP contribution in [0.3, 0.4) is 0 Å². The predicted octanol–water partition coefficient (Wildman–Crippen LogP) is 2.58. The average molecular weight is 363 g/mol. The molecule has 0 spiro atoms. The van der Waals surface area contributed by atoms with Crippen LogP contribution in [-0.2, 0) is 18.3 Å². The van der Waals surface area contributed by atoms with Gasteiger partial charge in [-0.05, 0) is 37.8 Å². The van der Waals surface area contributed by atoms with Crippen LogP contribution in [-0.4, -0.2) is 40.7 Å². The number of piperidine rings is 1. The number of carbonyl (C=O) groups excluding carboxylic acids is 1. The van der Waals surface area contributed by atoms with Gasteiger partial charge in [0.05, 0.1) is 6.20 Å². The number of aromatic nitrogens is 2. The maximum atomic E-state index is 12.8. The van der Waals surface area contributed by atoms with E-state index >= 15 is 0 Å². The first-order valence-corrected chi connectivity index (χ1v) is 8.66. The molecule has 1 unspecified atom stereocenters. The Hall–Kier alpha value is -1.85. The van der Waals surface area contributed by atoms with Crippen LogP contribution in [0.25, 0.3) is 0 Å². The van der Waals surface area contributed by atoms with Gasteiger partial charge in [-0.3, -0.25) is 9.48 Å². The number of hydrogen-bond donors (Lipinski definition) is 1. The quantitative estimate of drug-likeness (QED) is 0.889. The Bertz CT molecular complexity index is 665. The number of hydrogen-bond acceptors (Lipinski definition) is 3. The maximum absolute atomic E-state index is 12.8. The van der Waals surface area contributed by atoms with E-state index in [9.17, 15) is 4.79 Å². The lowest BCUT2D eigenvalue weighted by Crippen LogP contribution is -2.44. The maximum Gasteiger partial charge on any atom is 0.244 e. The lowest BCUT2D eigenvalue weighted by Gasteiger charge is -2.34. The summed E-state index contributed by atoms with van der Waals surface area (Å²) in [4.78, 5) is 14.8. The smallest absolute Gasteiger partial charge is 0.244 e. The number of benzene rings is 1. The van der Waals surface area contributed by atoms with Crippen molar-refractivity contribution in [3.8, 4) is 0 Å². The van der Waals surface area contributed by atoms with Gasteiger partial charge in [0, 0.05) is 31.9 Å². The average Bonchev–Trinajstić information content (AvgIpc) is 3.03.